The van der Waals surface area contributed by atoms with Crippen LogP contribution in [0, 0.1) is 6.92 Å². The van der Waals surface area contributed by atoms with E-state index in [1.807, 2.05) is 44.2 Å². The third-order valence-electron chi connectivity index (χ3n) is 3.58. The van der Waals surface area contributed by atoms with Crippen molar-refractivity contribution in [3.63, 3.8) is 0 Å². The summed E-state index contributed by atoms with van der Waals surface area (Å²) in [6, 6.07) is 12.5. The lowest BCUT2D eigenvalue weighted by atomic mass is 10.0. The number of amides is 1. The van der Waals surface area contributed by atoms with Gasteiger partial charge in [0.05, 0.1) is 6.04 Å². The molecule has 2 rings (SSSR count). The fourth-order valence-corrected chi connectivity index (χ4v) is 2.90. The summed E-state index contributed by atoms with van der Waals surface area (Å²) in [5.41, 5.74) is 2.39. The minimum absolute atomic E-state index is 0.0739. The standard InChI is InChI=1S/C17H18BrNO2/c1-11-8-13(10-14(18)9-11)17(21)19(3)12(2)15-6-4-5-7-16(15)20/h4-10,12,20H,1-3H3. The van der Waals surface area contributed by atoms with E-state index in [1.54, 1.807) is 24.1 Å². The molecule has 0 heterocycles. The van der Waals surface area contributed by atoms with Gasteiger partial charge in [-0.1, -0.05) is 34.1 Å². The van der Waals surface area contributed by atoms with E-state index < -0.39 is 0 Å². The van der Waals surface area contributed by atoms with Crippen LogP contribution in [-0.2, 0) is 0 Å². The zero-order valence-electron chi connectivity index (χ0n) is 12.3. The number of hydrogen-bond acceptors (Lipinski definition) is 2. The van der Waals surface area contributed by atoms with Crippen LogP contribution in [0.1, 0.15) is 34.5 Å². The van der Waals surface area contributed by atoms with E-state index in [0.717, 1.165) is 15.6 Å². The molecule has 0 bridgehead atoms. The van der Waals surface area contributed by atoms with Gasteiger partial charge in [-0.15, -0.1) is 0 Å². The molecular weight excluding hydrogens is 330 g/mol. The Hall–Kier alpha value is -1.81. The van der Waals surface area contributed by atoms with Crippen molar-refractivity contribution >= 4 is 21.8 Å². The minimum Gasteiger partial charge on any atom is -0.508 e. The third-order valence-corrected chi connectivity index (χ3v) is 4.04. The van der Waals surface area contributed by atoms with Crippen molar-refractivity contribution < 1.29 is 9.90 Å². The van der Waals surface area contributed by atoms with Crippen molar-refractivity contribution in [2.45, 2.75) is 19.9 Å². The molecule has 0 fully saturated rings. The van der Waals surface area contributed by atoms with Crippen LogP contribution in [0.5, 0.6) is 5.75 Å². The Morgan fingerprint density at radius 1 is 1.24 bits per heavy atom. The molecule has 110 valence electrons. The molecule has 0 spiro atoms. The van der Waals surface area contributed by atoms with Crippen LogP contribution >= 0.6 is 15.9 Å². The zero-order chi connectivity index (χ0) is 15.6. The molecule has 21 heavy (non-hydrogen) atoms. The van der Waals surface area contributed by atoms with E-state index in [-0.39, 0.29) is 17.7 Å². The number of nitrogens with zero attached hydrogens (tertiary/aromatic N) is 1. The number of carbonyl (C=O) groups is 1. The Morgan fingerprint density at radius 3 is 2.52 bits per heavy atom. The Labute approximate surface area is 133 Å². The van der Waals surface area contributed by atoms with Gasteiger partial charge in [0.15, 0.2) is 0 Å². The average Bonchev–Trinajstić information content (AvgIpc) is 2.44. The highest BCUT2D eigenvalue weighted by Gasteiger charge is 2.21. The molecule has 0 aliphatic rings. The molecule has 0 saturated carbocycles. The van der Waals surface area contributed by atoms with E-state index in [0.29, 0.717) is 5.56 Å². The van der Waals surface area contributed by atoms with E-state index in [2.05, 4.69) is 15.9 Å². The van der Waals surface area contributed by atoms with Crippen LogP contribution in [0.15, 0.2) is 46.9 Å². The zero-order valence-corrected chi connectivity index (χ0v) is 13.9. The number of aryl methyl sites for hydroxylation is 1. The van der Waals surface area contributed by atoms with E-state index in [1.165, 1.54) is 0 Å². The summed E-state index contributed by atoms with van der Waals surface area (Å²) in [4.78, 5) is 14.2. The molecule has 4 heteroatoms. The lowest BCUT2D eigenvalue weighted by molar-refractivity contribution is 0.0741. The van der Waals surface area contributed by atoms with Crippen LogP contribution < -0.4 is 0 Å². The third kappa shape index (κ3) is 3.45. The Bertz CT molecular complexity index is 649. The SMILES string of the molecule is Cc1cc(Br)cc(C(=O)N(C)C(C)c2ccccc2O)c1. The number of halogens is 1. The van der Waals surface area contributed by atoms with Crippen molar-refractivity contribution in [2.75, 3.05) is 7.05 Å². The summed E-state index contributed by atoms with van der Waals surface area (Å²) in [5.74, 6) is 0.130. The maximum atomic E-state index is 12.6. The molecule has 0 aliphatic carbocycles. The maximum absolute atomic E-state index is 12.6. The van der Waals surface area contributed by atoms with Gasteiger partial charge in [0, 0.05) is 22.6 Å². The maximum Gasteiger partial charge on any atom is 0.254 e. The van der Waals surface area contributed by atoms with Crippen molar-refractivity contribution in [3.8, 4) is 5.75 Å². The van der Waals surface area contributed by atoms with Gasteiger partial charge in [-0.3, -0.25) is 4.79 Å². The number of para-hydroxylation sites is 1. The van der Waals surface area contributed by atoms with Gasteiger partial charge in [-0.05, 0) is 43.7 Å². The van der Waals surface area contributed by atoms with Crippen molar-refractivity contribution in [3.05, 3.63) is 63.6 Å². The quantitative estimate of drug-likeness (QED) is 0.899. The number of benzene rings is 2. The van der Waals surface area contributed by atoms with E-state index >= 15 is 0 Å². The van der Waals surface area contributed by atoms with Crippen molar-refractivity contribution in [1.82, 2.24) is 4.90 Å². The second-order valence-electron chi connectivity index (χ2n) is 5.17. The highest BCUT2D eigenvalue weighted by atomic mass is 79.9. The average molecular weight is 348 g/mol. The molecule has 1 atom stereocenters. The number of phenolic OH excluding ortho intramolecular Hbond substituents is 1. The summed E-state index contributed by atoms with van der Waals surface area (Å²) >= 11 is 3.41. The van der Waals surface area contributed by atoms with E-state index in [4.69, 9.17) is 0 Å². The molecular formula is C17H18BrNO2. The van der Waals surface area contributed by atoms with E-state index in [9.17, 15) is 9.90 Å². The monoisotopic (exact) mass is 347 g/mol. The van der Waals surface area contributed by atoms with Gasteiger partial charge in [0.25, 0.3) is 5.91 Å². The highest BCUT2D eigenvalue weighted by molar-refractivity contribution is 9.10. The smallest absolute Gasteiger partial charge is 0.254 e. The van der Waals surface area contributed by atoms with Crippen LogP contribution in [0.2, 0.25) is 0 Å². The number of aromatic hydroxyl groups is 1. The Morgan fingerprint density at radius 2 is 1.90 bits per heavy atom. The van der Waals surface area contributed by atoms with Crippen LogP contribution in [-0.4, -0.2) is 23.0 Å². The fraction of sp³-hybridized carbons (Fsp3) is 0.235. The summed E-state index contributed by atoms with van der Waals surface area (Å²) < 4.78 is 0.884. The molecule has 0 aliphatic heterocycles. The first kappa shape index (κ1) is 15.6. The number of hydrogen-bond donors (Lipinski definition) is 1. The highest BCUT2D eigenvalue weighted by Crippen LogP contribution is 2.28. The van der Waals surface area contributed by atoms with Gasteiger partial charge in [-0.2, -0.15) is 0 Å². The summed E-state index contributed by atoms with van der Waals surface area (Å²) in [6.07, 6.45) is 0. The molecule has 2 aromatic carbocycles. The molecule has 0 aromatic heterocycles. The molecule has 2 aromatic rings. The first-order valence-corrected chi connectivity index (χ1v) is 7.51. The predicted molar refractivity (Wildman–Crippen MR) is 87.5 cm³/mol. The first-order chi connectivity index (χ1) is 9.90. The fourth-order valence-electron chi connectivity index (χ4n) is 2.29. The summed E-state index contributed by atoms with van der Waals surface area (Å²) in [6.45, 7) is 3.85. The van der Waals surface area contributed by atoms with Gasteiger partial charge in [-0.25, -0.2) is 0 Å². The van der Waals surface area contributed by atoms with Crippen LogP contribution in [0.4, 0.5) is 0 Å². The molecule has 0 saturated heterocycles. The topological polar surface area (TPSA) is 40.5 Å². The molecule has 0 radical (unpaired) electrons. The lowest BCUT2D eigenvalue weighted by Gasteiger charge is -2.26. The summed E-state index contributed by atoms with van der Waals surface area (Å²) in [7, 11) is 1.75. The Kier molecular flexibility index (Phi) is 4.68. The Balaban J connectivity index is 2.28. The normalized spacial score (nSPS) is 12.0. The summed E-state index contributed by atoms with van der Waals surface area (Å²) in [5, 5.41) is 9.92. The first-order valence-electron chi connectivity index (χ1n) is 6.72. The van der Waals surface area contributed by atoms with Crippen molar-refractivity contribution in [2.24, 2.45) is 0 Å². The van der Waals surface area contributed by atoms with Gasteiger partial charge >= 0.3 is 0 Å². The van der Waals surface area contributed by atoms with Crippen molar-refractivity contribution in [1.29, 1.82) is 0 Å². The molecule has 1 N–H and O–H groups in total. The van der Waals surface area contributed by atoms with Crippen LogP contribution in [0.25, 0.3) is 0 Å². The molecule has 1 unspecified atom stereocenters. The second-order valence-corrected chi connectivity index (χ2v) is 6.08. The number of phenols is 1. The van der Waals surface area contributed by atoms with Gasteiger partial charge in [0.2, 0.25) is 0 Å². The number of rotatable bonds is 3. The van der Waals surface area contributed by atoms with Crippen LogP contribution in [0.3, 0.4) is 0 Å². The number of carbonyl (C=O) groups excluding carboxylic acids is 1. The molecule has 1 amide bonds. The lowest BCUT2D eigenvalue weighted by Crippen LogP contribution is -2.29. The predicted octanol–water partition coefficient (Wildman–Crippen LogP) is 4.30. The second kappa shape index (κ2) is 6.31. The van der Waals surface area contributed by atoms with Gasteiger partial charge < -0.3 is 10.0 Å². The molecule has 3 nitrogen and oxygen atoms in total. The minimum atomic E-state index is -0.210. The van der Waals surface area contributed by atoms with Gasteiger partial charge in [0.1, 0.15) is 5.75 Å². The largest absolute Gasteiger partial charge is 0.508 e.